The molecule has 1 aliphatic rings. The molecule has 0 bridgehead atoms. The van der Waals surface area contributed by atoms with Crippen LogP contribution in [0.25, 0.3) is 0 Å². The van der Waals surface area contributed by atoms with Crippen LogP contribution in [0, 0.1) is 6.92 Å². The smallest absolute Gasteiger partial charge is 0.254 e. The molecule has 0 fully saturated rings. The summed E-state index contributed by atoms with van der Waals surface area (Å²) in [5, 5.41) is 0. The molecule has 2 aromatic heterocycles. The molecular weight excluding hydrogens is 318 g/mol. The van der Waals surface area contributed by atoms with Gasteiger partial charge in [-0.3, -0.25) is 4.79 Å². The molecule has 2 aromatic rings. The van der Waals surface area contributed by atoms with Crippen LogP contribution in [0.2, 0.25) is 0 Å². The molecule has 0 saturated carbocycles. The molecule has 0 saturated heterocycles. The van der Waals surface area contributed by atoms with Gasteiger partial charge in [0.15, 0.2) is 0 Å². The summed E-state index contributed by atoms with van der Waals surface area (Å²) >= 11 is 3.31. The lowest BCUT2D eigenvalue weighted by molar-refractivity contribution is 0.0642. The highest BCUT2D eigenvalue weighted by Gasteiger charge is 2.29. The first-order valence-corrected chi connectivity index (χ1v) is 7.46. The van der Waals surface area contributed by atoms with Crippen LogP contribution in [0.4, 0.5) is 0 Å². The van der Waals surface area contributed by atoms with Crippen molar-refractivity contribution in [2.45, 2.75) is 26.4 Å². The number of carbonyl (C=O) groups excluding carboxylic acids is 1. The maximum absolute atomic E-state index is 12.6. The number of nitrogens with zero attached hydrogens (tertiary/aromatic N) is 3. The Kier molecular flexibility index (Phi) is 3.38. The van der Waals surface area contributed by atoms with Crippen LogP contribution in [0.3, 0.4) is 0 Å². The Bertz CT molecular complexity index is 665. The molecule has 5 heteroatoms. The van der Waals surface area contributed by atoms with E-state index in [-0.39, 0.29) is 11.9 Å². The Morgan fingerprint density at radius 2 is 2.15 bits per heavy atom. The zero-order valence-electron chi connectivity index (χ0n) is 11.5. The van der Waals surface area contributed by atoms with Gasteiger partial charge >= 0.3 is 0 Å². The Balaban J connectivity index is 1.91. The minimum Gasteiger partial charge on any atom is -0.345 e. The van der Waals surface area contributed by atoms with Gasteiger partial charge in [-0.1, -0.05) is 0 Å². The molecule has 0 aliphatic carbocycles. The summed E-state index contributed by atoms with van der Waals surface area (Å²) < 4.78 is 2.98. The zero-order chi connectivity index (χ0) is 14.3. The lowest BCUT2D eigenvalue weighted by atomic mass is 10.1. The van der Waals surface area contributed by atoms with Crippen molar-refractivity contribution in [1.29, 1.82) is 0 Å². The molecule has 0 N–H and O–H groups in total. The average molecular weight is 334 g/mol. The van der Waals surface area contributed by atoms with E-state index in [1.54, 1.807) is 18.3 Å². The lowest BCUT2D eigenvalue weighted by Gasteiger charge is -2.35. The Morgan fingerprint density at radius 1 is 1.35 bits per heavy atom. The third-order valence-corrected chi connectivity index (χ3v) is 4.36. The predicted molar refractivity (Wildman–Crippen MR) is 80.6 cm³/mol. The number of hydrogen-bond acceptors (Lipinski definition) is 2. The van der Waals surface area contributed by atoms with Gasteiger partial charge in [-0.05, 0) is 54.0 Å². The van der Waals surface area contributed by atoms with Crippen molar-refractivity contribution in [3.05, 3.63) is 52.0 Å². The summed E-state index contributed by atoms with van der Waals surface area (Å²) in [5.41, 5.74) is 3.14. The standard InChI is InChI=1S/C15H16BrN3O/c1-10-3-4-13-11(2)19(8-7-18(10)13)15(20)12-5-6-17-14(16)9-12/h3-6,9,11H,7-8H2,1-2H3. The van der Waals surface area contributed by atoms with E-state index in [2.05, 4.69) is 51.5 Å². The first-order valence-electron chi connectivity index (χ1n) is 6.66. The van der Waals surface area contributed by atoms with Crippen molar-refractivity contribution >= 4 is 21.8 Å². The number of pyridine rings is 1. The van der Waals surface area contributed by atoms with E-state index in [0.717, 1.165) is 13.1 Å². The summed E-state index contributed by atoms with van der Waals surface area (Å²) in [6.45, 7) is 5.78. The number of aromatic nitrogens is 2. The summed E-state index contributed by atoms with van der Waals surface area (Å²) in [5.74, 6) is 0.0608. The molecule has 1 amide bonds. The van der Waals surface area contributed by atoms with Gasteiger partial charge in [0.05, 0.1) is 6.04 Å². The maximum Gasteiger partial charge on any atom is 0.254 e. The second-order valence-electron chi connectivity index (χ2n) is 5.09. The van der Waals surface area contributed by atoms with Gasteiger partial charge in [0, 0.05) is 36.2 Å². The third-order valence-electron chi connectivity index (χ3n) is 3.93. The zero-order valence-corrected chi connectivity index (χ0v) is 13.1. The van der Waals surface area contributed by atoms with Gasteiger partial charge in [-0.15, -0.1) is 0 Å². The molecule has 3 heterocycles. The van der Waals surface area contributed by atoms with E-state index >= 15 is 0 Å². The van der Waals surface area contributed by atoms with E-state index in [0.29, 0.717) is 10.2 Å². The average Bonchev–Trinajstić information content (AvgIpc) is 2.81. The molecule has 0 aromatic carbocycles. The topological polar surface area (TPSA) is 38.1 Å². The number of aryl methyl sites for hydroxylation is 1. The number of hydrogen-bond donors (Lipinski definition) is 0. The summed E-state index contributed by atoms with van der Waals surface area (Å²) in [7, 11) is 0. The van der Waals surface area contributed by atoms with E-state index in [9.17, 15) is 4.79 Å². The molecule has 0 spiro atoms. The van der Waals surface area contributed by atoms with Gasteiger partial charge in [0.25, 0.3) is 5.91 Å². The fourth-order valence-electron chi connectivity index (χ4n) is 2.80. The highest BCUT2D eigenvalue weighted by molar-refractivity contribution is 9.10. The number of rotatable bonds is 1. The van der Waals surface area contributed by atoms with Crippen molar-refractivity contribution in [3.63, 3.8) is 0 Å². The van der Waals surface area contributed by atoms with Gasteiger partial charge in [0.1, 0.15) is 4.60 Å². The van der Waals surface area contributed by atoms with Crippen LogP contribution in [-0.2, 0) is 6.54 Å². The van der Waals surface area contributed by atoms with Crippen LogP contribution >= 0.6 is 15.9 Å². The van der Waals surface area contributed by atoms with Crippen LogP contribution in [0.15, 0.2) is 35.1 Å². The Hall–Kier alpha value is -1.62. The number of halogens is 1. The van der Waals surface area contributed by atoms with Crippen molar-refractivity contribution in [3.8, 4) is 0 Å². The maximum atomic E-state index is 12.6. The van der Waals surface area contributed by atoms with Crippen LogP contribution < -0.4 is 0 Å². The molecule has 1 atom stereocenters. The molecule has 0 radical (unpaired) electrons. The van der Waals surface area contributed by atoms with Crippen molar-refractivity contribution in [2.24, 2.45) is 0 Å². The number of amides is 1. The van der Waals surface area contributed by atoms with Crippen molar-refractivity contribution in [2.75, 3.05) is 6.54 Å². The summed E-state index contributed by atoms with van der Waals surface area (Å²) in [6, 6.07) is 7.86. The summed E-state index contributed by atoms with van der Waals surface area (Å²) in [6.07, 6.45) is 1.65. The third kappa shape index (κ3) is 2.16. The number of carbonyl (C=O) groups is 1. The van der Waals surface area contributed by atoms with Gasteiger partial charge in [-0.2, -0.15) is 0 Å². The van der Waals surface area contributed by atoms with Gasteiger partial charge in [0.2, 0.25) is 0 Å². The molecule has 3 rings (SSSR count). The second kappa shape index (κ2) is 5.05. The highest BCUT2D eigenvalue weighted by atomic mass is 79.9. The predicted octanol–water partition coefficient (Wildman–Crippen LogP) is 3.17. The van der Waals surface area contributed by atoms with Crippen molar-refractivity contribution in [1.82, 2.24) is 14.5 Å². The minimum atomic E-state index is 0.0608. The molecule has 20 heavy (non-hydrogen) atoms. The molecule has 1 unspecified atom stereocenters. The van der Waals surface area contributed by atoms with E-state index in [1.165, 1.54) is 11.4 Å². The van der Waals surface area contributed by atoms with E-state index < -0.39 is 0 Å². The lowest BCUT2D eigenvalue weighted by Crippen LogP contribution is -2.41. The fourth-order valence-corrected chi connectivity index (χ4v) is 3.16. The first-order chi connectivity index (χ1) is 9.58. The largest absolute Gasteiger partial charge is 0.345 e. The van der Waals surface area contributed by atoms with Gasteiger partial charge < -0.3 is 9.47 Å². The Labute approximate surface area is 126 Å². The molecular formula is C15H16BrN3O. The monoisotopic (exact) mass is 333 g/mol. The number of fused-ring (bicyclic) bond motifs is 1. The van der Waals surface area contributed by atoms with Crippen LogP contribution in [0.1, 0.15) is 34.7 Å². The molecule has 104 valence electrons. The Morgan fingerprint density at radius 3 is 2.90 bits per heavy atom. The minimum absolute atomic E-state index is 0.0608. The van der Waals surface area contributed by atoms with Crippen molar-refractivity contribution < 1.29 is 4.79 Å². The second-order valence-corrected chi connectivity index (χ2v) is 5.91. The van der Waals surface area contributed by atoms with Crippen LogP contribution in [-0.4, -0.2) is 26.9 Å². The quantitative estimate of drug-likeness (QED) is 0.752. The normalized spacial score (nSPS) is 17.9. The summed E-state index contributed by atoms with van der Waals surface area (Å²) in [4.78, 5) is 18.6. The van der Waals surface area contributed by atoms with E-state index in [4.69, 9.17) is 0 Å². The molecule has 4 nitrogen and oxygen atoms in total. The molecule has 1 aliphatic heterocycles. The van der Waals surface area contributed by atoms with E-state index in [1.807, 2.05) is 4.90 Å². The highest BCUT2D eigenvalue weighted by Crippen LogP contribution is 2.28. The van der Waals surface area contributed by atoms with Crippen LogP contribution in [0.5, 0.6) is 0 Å². The SMILES string of the molecule is Cc1ccc2n1CCN(C(=O)c1ccnc(Br)c1)C2C. The fraction of sp³-hybridized carbons (Fsp3) is 0.333. The van der Waals surface area contributed by atoms with Gasteiger partial charge in [-0.25, -0.2) is 4.98 Å². The first kappa shape index (κ1) is 13.4.